The molecule has 0 N–H and O–H groups in total. The molecule has 0 fully saturated rings. The molecule has 0 radical (unpaired) electrons. The SMILES string of the molecule is [C-]#[N+]c1cc(C#N)cc(-n2c3ccc(-n4c5ccccc5c5ccccc54)cc3c3cc(-n4c5ccccc5c5ccccc54)ccc32)c1. The van der Waals surface area contributed by atoms with Crippen LogP contribution in [0.25, 0.3) is 87.3 Å². The second kappa shape index (κ2) is 10.2. The van der Waals surface area contributed by atoms with E-state index in [0.717, 1.165) is 60.9 Å². The van der Waals surface area contributed by atoms with E-state index in [1.807, 2.05) is 12.1 Å². The first-order chi connectivity index (χ1) is 24.2. The van der Waals surface area contributed by atoms with Crippen LogP contribution in [0.5, 0.6) is 0 Å². The molecule has 5 nitrogen and oxygen atoms in total. The molecule has 226 valence electrons. The van der Waals surface area contributed by atoms with Crippen molar-refractivity contribution in [2.45, 2.75) is 0 Å². The molecule has 0 spiro atoms. The Hall–Kier alpha value is -7.08. The third-order valence-corrected chi connectivity index (χ3v) is 9.83. The average molecular weight is 624 g/mol. The summed E-state index contributed by atoms with van der Waals surface area (Å²) in [5, 5.41) is 16.9. The second-order valence-corrected chi connectivity index (χ2v) is 12.4. The summed E-state index contributed by atoms with van der Waals surface area (Å²) in [6, 6.07) is 55.2. The summed E-state index contributed by atoms with van der Waals surface area (Å²) in [4.78, 5) is 3.70. The normalized spacial score (nSPS) is 11.6. The van der Waals surface area contributed by atoms with Crippen molar-refractivity contribution in [1.82, 2.24) is 13.7 Å². The number of hydrogen-bond acceptors (Lipinski definition) is 1. The zero-order chi connectivity index (χ0) is 32.6. The van der Waals surface area contributed by atoms with Gasteiger partial charge >= 0.3 is 0 Å². The summed E-state index contributed by atoms with van der Waals surface area (Å²) in [5.74, 6) is 0. The predicted octanol–water partition coefficient (Wildman–Crippen LogP) is 11.4. The Bertz CT molecular complexity index is 2770. The Morgan fingerprint density at radius 2 is 0.796 bits per heavy atom. The highest BCUT2D eigenvalue weighted by atomic mass is 15.0. The number of nitriles is 1. The Morgan fingerprint density at radius 1 is 0.408 bits per heavy atom. The minimum Gasteiger partial charge on any atom is -0.310 e. The molecule has 0 atom stereocenters. The van der Waals surface area contributed by atoms with Crippen molar-refractivity contribution in [1.29, 1.82) is 5.26 Å². The highest BCUT2D eigenvalue weighted by molar-refractivity contribution is 6.14. The van der Waals surface area contributed by atoms with Crippen molar-refractivity contribution < 1.29 is 0 Å². The van der Waals surface area contributed by atoms with Crippen LogP contribution in [-0.2, 0) is 0 Å². The summed E-state index contributed by atoms with van der Waals surface area (Å²) < 4.78 is 6.88. The molecule has 5 heteroatoms. The van der Waals surface area contributed by atoms with Gasteiger partial charge in [-0.1, -0.05) is 72.8 Å². The number of rotatable bonds is 3. The summed E-state index contributed by atoms with van der Waals surface area (Å²) in [6.45, 7) is 7.74. The van der Waals surface area contributed by atoms with Crippen LogP contribution in [0.2, 0.25) is 0 Å². The van der Waals surface area contributed by atoms with Crippen molar-refractivity contribution >= 4 is 71.1 Å². The van der Waals surface area contributed by atoms with E-state index in [9.17, 15) is 5.26 Å². The minimum absolute atomic E-state index is 0.438. The van der Waals surface area contributed by atoms with E-state index in [-0.39, 0.29) is 0 Å². The molecule has 0 bridgehead atoms. The van der Waals surface area contributed by atoms with E-state index < -0.39 is 0 Å². The smallest absolute Gasteiger partial charge is 0.190 e. The lowest BCUT2D eigenvalue weighted by Gasteiger charge is -2.11. The molecule has 0 unspecified atom stereocenters. The van der Waals surface area contributed by atoms with E-state index >= 15 is 0 Å². The zero-order valence-corrected chi connectivity index (χ0v) is 26.2. The molecule has 49 heavy (non-hydrogen) atoms. The summed E-state index contributed by atoms with van der Waals surface area (Å²) in [5.41, 5.74) is 10.5. The van der Waals surface area contributed by atoms with Crippen LogP contribution in [0, 0.1) is 17.9 Å². The Labute approximate surface area is 281 Å². The van der Waals surface area contributed by atoms with Crippen molar-refractivity contribution in [2.75, 3.05) is 0 Å². The molecule has 0 saturated carbocycles. The molecule has 0 saturated heterocycles. The maximum Gasteiger partial charge on any atom is 0.190 e. The molecular formula is C44H25N5. The van der Waals surface area contributed by atoms with Crippen molar-refractivity contribution in [3.63, 3.8) is 0 Å². The van der Waals surface area contributed by atoms with Gasteiger partial charge in [-0.2, -0.15) is 5.26 Å². The van der Waals surface area contributed by atoms with Crippen molar-refractivity contribution in [3.05, 3.63) is 169 Å². The fraction of sp³-hybridized carbons (Fsp3) is 0. The van der Waals surface area contributed by atoms with Crippen LogP contribution in [0.3, 0.4) is 0 Å². The minimum atomic E-state index is 0.438. The van der Waals surface area contributed by atoms with E-state index in [4.69, 9.17) is 6.57 Å². The molecular weight excluding hydrogens is 599 g/mol. The maximum atomic E-state index is 9.87. The fourth-order valence-electron chi connectivity index (χ4n) is 7.81. The number of nitrogens with zero attached hydrogens (tertiary/aromatic N) is 5. The van der Waals surface area contributed by atoms with Gasteiger partial charge < -0.3 is 13.7 Å². The number of hydrogen-bond donors (Lipinski definition) is 0. The first-order valence-electron chi connectivity index (χ1n) is 16.2. The number of benzene rings is 7. The maximum absolute atomic E-state index is 9.87. The monoisotopic (exact) mass is 623 g/mol. The summed E-state index contributed by atoms with van der Waals surface area (Å²) >= 11 is 0. The molecule has 0 aliphatic carbocycles. The summed E-state index contributed by atoms with van der Waals surface area (Å²) in [7, 11) is 0. The largest absolute Gasteiger partial charge is 0.310 e. The quantitative estimate of drug-likeness (QED) is 0.181. The Morgan fingerprint density at radius 3 is 1.20 bits per heavy atom. The van der Waals surface area contributed by atoms with Gasteiger partial charge in [0.25, 0.3) is 0 Å². The second-order valence-electron chi connectivity index (χ2n) is 12.4. The van der Waals surface area contributed by atoms with Crippen LogP contribution in [-0.4, -0.2) is 13.7 Å². The van der Waals surface area contributed by atoms with Gasteiger partial charge in [0.05, 0.1) is 45.7 Å². The van der Waals surface area contributed by atoms with Gasteiger partial charge in [-0.05, 0) is 78.9 Å². The molecule has 10 rings (SSSR count). The average Bonchev–Trinajstić information content (AvgIpc) is 3.80. The van der Waals surface area contributed by atoms with Gasteiger partial charge in [-0.25, -0.2) is 4.85 Å². The molecule has 10 aromatic rings. The van der Waals surface area contributed by atoms with Crippen molar-refractivity contribution in [2.24, 2.45) is 0 Å². The molecule has 0 aliphatic rings. The van der Waals surface area contributed by atoms with Gasteiger partial charge in [0.15, 0.2) is 5.69 Å². The van der Waals surface area contributed by atoms with Gasteiger partial charge in [0, 0.05) is 54.9 Å². The number of fused-ring (bicyclic) bond motifs is 9. The molecule has 3 aromatic heterocycles. The van der Waals surface area contributed by atoms with Gasteiger partial charge in [0.2, 0.25) is 0 Å². The highest BCUT2D eigenvalue weighted by Crippen LogP contribution is 2.40. The number of para-hydroxylation sites is 4. The lowest BCUT2D eigenvalue weighted by molar-refractivity contribution is 1.16. The first kappa shape index (κ1) is 27.1. The van der Waals surface area contributed by atoms with E-state index in [1.165, 1.54) is 21.5 Å². The van der Waals surface area contributed by atoms with E-state index in [0.29, 0.717) is 11.3 Å². The Balaban J connectivity index is 1.32. The summed E-state index contributed by atoms with van der Waals surface area (Å²) in [6.07, 6.45) is 0. The zero-order valence-electron chi connectivity index (χ0n) is 26.2. The van der Waals surface area contributed by atoms with Crippen molar-refractivity contribution in [3.8, 4) is 23.1 Å². The van der Waals surface area contributed by atoms with Gasteiger partial charge in [0.1, 0.15) is 0 Å². The van der Waals surface area contributed by atoms with Crippen LogP contribution in [0.4, 0.5) is 5.69 Å². The first-order valence-corrected chi connectivity index (χ1v) is 16.2. The van der Waals surface area contributed by atoms with E-state index in [2.05, 4.69) is 158 Å². The molecule has 0 amide bonds. The lowest BCUT2D eigenvalue weighted by atomic mass is 10.1. The standard InChI is InChI=1S/C44H25N5/c1-46-29-22-28(27-45)23-32(24-29)49-43-20-18-30(47-39-14-6-2-10-33(39)34-11-3-7-15-40(34)47)25-37(43)38-26-31(19-21-44(38)49)48-41-16-8-4-12-35(41)36-13-5-9-17-42(36)48/h2-26H. The van der Waals surface area contributed by atoms with Crippen LogP contribution in [0.1, 0.15) is 5.56 Å². The third-order valence-electron chi connectivity index (χ3n) is 9.83. The van der Waals surface area contributed by atoms with E-state index in [1.54, 1.807) is 6.07 Å². The topological polar surface area (TPSA) is 42.9 Å². The lowest BCUT2D eigenvalue weighted by Crippen LogP contribution is -1.97. The number of aromatic nitrogens is 3. The van der Waals surface area contributed by atoms with Crippen LogP contribution < -0.4 is 0 Å². The molecule has 3 heterocycles. The molecule has 7 aromatic carbocycles. The van der Waals surface area contributed by atoms with Crippen LogP contribution in [0.15, 0.2) is 152 Å². The Kier molecular flexibility index (Phi) is 5.64. The fourth-order valence-corrected chi connectivity index (χ4v) is 7.81. The van der Waals surface area contributed by atoms with Gasteiger partial charge in [-0.15, -0.1) is 0 Å². The highest BCUT2D eigenvalue weighted by Gasteiger charge is 2.19. The third kappa shape index (κ3) is 3.85. The van der Waals surface area contributed by atoms with Gasteiger partial charge in [-0.3, -0.25) is 0 Å². The molecule has 0 aliphatic heterocycles. The van der Waals surface area contributed by atoms with Crippen LogP contribution >= 0.6 is 0 Å². The predicted molar refractivity (Wildman–Crippen MR) is 200 cm³/mol.